The van der Waals surface area contributed by atoms with Crippen molar-refractivity contribution in [2.75, 3.05) is 5.75 Å². The fraction of sp³-hybridized carbons (Fsp3) is 0.316. The molecule has 1 amide bonds. The largest absolute Gasteiger partial charge is 0.348 e. The van der Waals surface area contributed by atoms with E-state index in [4.69, 9.17) is 5.73 Å². The number of amides is 1. The molecule has 0 bridgehead atoms. The van der Waals surface area contributed by atoms with E-state index in [1.54, 1.807) is 18.7 Å². The van der Waals surface area contributed by atoms with Gasteiger partial charge in [-0.15, -0.1) is 11.8 Å². The minimum Gasteiger partial charge on any atom is -0.348 e. The SMILES string of the molecule is CCSc1ccc(C(C)NC(=O)C(C)(N)c2ccccc2)cc1. The van der Waals surface area contributed by atoms with Crippen molar-refractivity contribution in [1.29, 1.82) is 0 Å². The van der Waals surface area contributed by atoms with E-state index in [0.717, 1.165) is 16.9 Å². The van der Waals surface area contributed by atoms with Gasteiger partial charge in [-0.3, -0.25) is 4.79 Å². The normalized spacial score (nSPS) is 14.8. The molecule has 2 unspecified atom stereocenters. The summed E-state index contributed by atoms with van der Waals surface area (Å²) in [5.74, 6) is 0.872. The maximum atomic E-state index is 12.6. The zero-order valence-electron chi connectivity index (χ0n) is 13.9. The van der Waals surface area contributed by atoms with Crippen molar-refractivity contribution in [1.82, 2.24) is 5.32 Å². The van der Waals surface area contributed by atoms with Crippen molar-refractivity contribution in [2.24, 2.45) is 5.73 Å². The van der Waals surface area contributed by atoms with Crippen LogP contribution >= 0.6 is 11.8 Å². The molecular weight excluding hydrogens is 304 g/mol. The van der Waals surface area contributed by atoms with Gasteiger partial charge in [0.15, 0.2) is 0 Å². The van der Waals surface area contributed by atoms with Crippen molar-refractivity contribution in [3.05, 3.63) is 65.7 Å². The Kier molecular flexibility index (Phi) is 5.85. The van der Waals surface area contributed by atoms with Gasteiger partial charge in [-0.25, -0.2) is 0 Å². The van der Waals surface area contributed by atoms with E-state index in [9.17, 15) is 4.79 Å². The molecular formula is C19H24N2OS. The number of benzene rings is 2. The molecule has 0 heterocycles. The number of carbonyl (C=O) groups is 1. The molecule has 0 aromatic heterocycles. The molecule has 2 atom stereocenters. The summed E-state index contributed by atoms with van der Waals surface area (Å²) in [4.78, 5) is 13.8. The quantitative estimate of drug-likeness (QED) is 0.792. The summed E-state index contributed by atoms with van der Waals surface area (Å²) in [6.45, 7) is 5.85. The van der Waals surface area contributed by atoms with Crippen molar-refractivity contribution in [3.63, 3.8) is 0 Å². The van der Waals surface area contributed by atoms with Crippen LogP contribution < -0.4 is 11.1 Å². The lowest BCUT2D eigenvalue weighted by Gasteiger charge is -2.26. The van der Waals surface area contributed by atoms with Crippen molar-refractivity contribution >= 4 is 17.7 Å². The Hall–Kier alpha value is -1.78. The minimum atomic E-state index is -1.05. The molecule has 2 aromatic carbocycles. The van der Waals surface area contributed by atoms with Gasteiger partial charge in [0, 0.05) is 4.90 Å². The third-order valence-electron chi connectivity index (χ3n) is 3.88. The molecule has 0 fully saturated rings. The van der Waals surface area contributed by atoms with Crippen LogP contribution in [0.15, 0.2) is 59.5 Å². The molecule has 0 radical (unpaired) electrons. The molecule has 2 aromatic rings. The van der Waals surface area contributed by atoms with Crippen LogP contribution in [-0.2, 0) is 10.3 Å². The van der Waals surface area contributed by atoms with Gasteiger partial charge in [-0.2, -0.15) is 0 Å². The van der Waals surface area contributed by atoms with E-state index in [-0.39, 0.29) is 11.9 Å². The number of rotatable bonds is 6. The lowest BCUT2D eigenvalue weighted by Crippen LogP contribution is -2.49. The van der Waals surface area contributed by atoms with Gasteiger partial charge in [0.1, 0.15) is 5.54 Å². The Morgan fingerprint density at radius 2 is 1.78 bits per heavy atom. The predicted octanol–water partition coefficient (Wildman–Crippen LogP) is 3.85. The summed E-state index contributed by atoms with van der Waals surface area (Å²) >= 11 is 1.80. The Balaban J connectivity index is 2.07. The number of nitrogens with two attached hydrogens (primary N) is 1. The van der Waals surface area contributed by atoms with Crippen LogP contribution in [0, 0.1) is 0 Å². The molecule has 23 heavy (non-hydrogen) atoms. The molecule has 0 saturated heterocycles. The van der Waals surface area contributed by atoms with Crippen molar-refractivity contribution < 1.29 is 4.79 Å². The molecule has 3 nitrogen and oxygen atoms in total. The summed E-state index contributed by atoms with van der Waals surface area (Å²) in [5.41, 5.74) is 7.09. The zero-order chi connectivity index (χ0) is 16.9. The van der Waals surface area contributed by atoms with E-state index in [1.165, 1.54) is 4.90 Å². The van der Waals surface area contributed by atoms with Gasteiger partial charge in [0.25, 0.3) is 0 Å². The second-order valence-electron chi connectivity index (χ2n) is 5.77. The van der Waals surface area contributed by atoms with Gasteiger partial charge in [0.2, 0.25) is 5.91 Å². The number of nitrogens with one attached hydrogen (secondary N) is 1. The highest BCUT2D eigenvalue weighted by molar-refractivity contribution is 7.99. The third kappa shape index (κ3) is 4.36. The van der Waals surface area contributed by atoms with Crippen molar-refractivity contribution in [3.8, 4) is 0 Å². The fourth-order valence-corrected chi connectivity index (χ4v) is 3.03. The molecule has 0 saturated carbocycles. The van der Waals surface area contributed by atoms with Gasteiger partial charge < -0.3 is 11.1 Å². The third-order valence-corrected chi connectivity index (χ3v) is 4.78. The molecule has 0 spiro atoms. The Morgan fingerprint density at radius 3 is 2.35 bits per heavy atom. The van der Waals surface area contributed by atoms with Crippen LogP contribution in [0.4, 0.5) is 0 Å². The average molecular weight is 328 g/mol. The summed E-state index contributed by atoms with van der Waals surface area (Å²) in [6.07, 6.45) is 0. The lowest BCUT2D eigenvalue weighted by molar-refractivity contribution is -0.126. The molecule has 0 aliphatic heterocycles. The van der Waals surface area contributed by atoms with Gasteiger partial charge in [-0.05, 0) is 42.9 Å². The number of hydrogen-bond donors (Lipinski definition) is 2. The number of hydrogen-bond acceptors (Lipinski definition) is 3. The van der Waals surface area contributed by atoms with Gasteiger partial charge >= 0.3 is 0 Å². The number of thioether (sulfide) groups is 1. The topological polar surface area (TPSA) is 55.1 Å². The highest BCUT2D eigenvalue weighted by atomic mass is 32.2. The second-order valence-corrected chi connectivity index (χ2v) is 7.10. The van der Waals surface area contributed by atoms with Crippen LogP contribution in [0.1, 0.15) is 37.9 Å². The van der Waals surface area contributed by atoms with E-state index in [1.807, 2.05) is 37.3 Å². The first kappa shape index (κ1) is 17.6. The number of carbonyl (C=O) groups excluding carboxylic acids is 1. The van der Waals surface area contributed by atoms with Crippen LogP contribution in [0.2, 0.25) is 0 Å². The smallest absolute Gasteiger partial charge is 0.244 e. The summed E-state index contributed by atoms with van der Waals surface area (Å²) in [6, 6.07) is 17.6. The summed E-state index contributed by atoms with van der Waals surface area (Å²) < 4.78 is 0. The van der Waals surface area contributed by atoms with Crippen molar-refractivity contribution in [2.45, 2.75) is 37.2 Å². The molecule has 0 aliphatic carbocycles. The van der Waals surface area contributed by atoms with E-state index < -0.39 is 5.54 Å². The Labute approximate surface area is 142 Å². The molecule has 3 N–H and O–H groups in total. The highest BCUT2D eigenvalue weighted by Gasteiger charge is 2.31. The molecule has 2 rings (SSSR count). The average Bonchev–Trinajstić information content (AvgIpc) is 2.56. The van der Waals surface area contributed by atoms with Crippen LogP contribution in [0.25, 0.3) is 0 Å². The first-order chi connectivity index (χ1) is 10.9. The minimum absolute atomic E-state index is 0.0882. The van der Waals surface area contributed by atoms with Crippen LogP contribution in [0.3, 0.4) is 0 Å². The van der Waals surface area contributed by atoms with Crippen LogP contribution in [0.5, 0.6) is 0 Å². The second kappa shape index (κ2) is 7.66. The molecule has 122 valence electrons. The zero-order valence-corrected chi connectivity index (χ0v) is 14.7. The first-order valence-corrected chi connectivity index (χ1v) is 8.82. The van der Waals surface area contributed by atoms with Gasteiger partial charge in [0.05, 0.1) is 6.04 Å². The molecule has 4 heteroatoms. The maximum Gasteiger partial charge on any atom is 0.244 e. The first-order valence-electron chi connectivity index (χ1n) is 7.83. The highest BCUT2D eigenvalue weighted by Crippen LogP contribution is 2.22. The van der Waals surface area contributed by atoms with E-state index in [2.05, 4.69) is 36.5 Å². The van der Waals surface area contributed by atoms with E-state index >= 15 is 0 Å². The monoisotopic (exact) mass is 328 g/mol. The van der Waals surface area contributed by atoms with Gasteiger partial charge in [-0.1, -0.05) is 49.4 Å². The van der Waals surface area contributed by atoms with E-state index in [0.29, 0.717) is 0 Å². The maximum absolute atomic E-state index is 12.6. The predicted molar refractivity (Wildman–Crippen MR) is 97.4 cm³/mol. The van der Waals surface area contributed by atoms with Crippen LogP contribution in [-0.4, -0.2) is 11.7 Å². The summed E-state index contributed by atoms with van der Waals surface area (Å²) in [7, 11) is 0. The standard InChI is InChI=1S/C19H24N2OS/c1-4-23-17-12-10-15(11-13-17)14(2)21-18(22)19(3,20)16-8-6-5-7-9-16/h5-14H,4,20H2,1-3H3,(H,21,22). The lowest BCUT2D eigenvalue weighted by atomic mass is 9.91. The molecule has 0 aliphatic rings. The fourth-order valence-electron chi connectivity index (χ4n) is 2.36. The summed E-state index contributed by atoms with van der Waals surface area (Å²) in [5, 5.41) is 3.02. The Morgan fingerprint density at radius 1 is 1.17 bits per heavy atom. The Bertz CT molecular complexity index is 638.